The van der Waals surface area contributed by atoms with Gasteiger partial charge in [-0.3, -0.25) is 0 Å². The first-order valence-corrected chi connectivity index (χ1v) is 7.79. The van der Waals surface area contributed by atoms with E-state index in [1.54, 1.807) is 7.11 Å². The zero-order chi connectivity index (χ0) is 14.5. The third-order valence-corrected chi connectivity index (χ3v) is 4.24. The highest BCUT2D eigenvalue weighted by atomic mass is 16.5. The third-order valence-electron chi connectivity index (χ3n) is 4.24. The molecule has 1 fully saturated rings. The van der Waals surface area contributed by atoms with Crippen LogP contribution < -0.4 is 15.0 Å². The van der Waals surface area contributed by atoms with Crippen LogP contribution in [0.3, 0.4) is 0 Å². The molecule has 0 spiro atoms. The van der Waals surface area contributed by atoms with Gasteiger partial charge in [-0.1, -0.05) is 27.2 Å². The van der Waals surface area contributed by atoms with E-state index in [9.17, 15) is 0 Å². The van der Waals surface area contributed by atoms with Gasteiger partial charge in [0.05, 0.1) is 7.11 Å². The van der Waals surface area contributed by atoms with Crippen LogP contribution in [0, 0.1) is 5.92 Å². The highest BCUT2D eigenvalue weighted by molar-refractivity contribution is 5.51. The first-order chi connectivity index (χ1) is 9.65. The molecular formula is C17H28N2O. The first-order valence-electron chi connectivity index (χ1n) is 7.79. The third kappa shape index (κ3) is 3.45. The van der Waals surface area contributed by atoms with Gasteiger partial charge < -0.3 is 15.0 Å². The number of benzene rings is 1. The number of piperazine rings is 1. The van der Waals surface area contributed by atoms with Crippen LogP contribution in [0.1, 0.15) is 33.6 Å². The molecule has 20 heavy (non-hydrogen) atoms. The Balaban J connectivity index is 2.17. The molecule has 2 rings (SSSR count). The lowest BCUT2D eigenvalue weighted by molar-refractivity contribution is 0.327. The fraction of sp³-hybridized carbons (Fsp3) is 0.647. The van der Waals surface area contributed by atoms with Crippen molar-refractivity contribution < 1.29 is 4.74 Å². The Labute approximate surface area is 123 Å². The van der Waals surface area contributed by atoms with Crippen molar-refractivity contribution in [3.63, 3.8) is 0 Å². The number of nitrogens with zero attached hydrogens (tertiary/aromatic N) is 1. The molecule has 1 aliphatic heterocycles. The monoisotopic (exact) mass is 276 g/mol. The molecule has 1 aromatic rings. The second-order valence-electron chi connectivity index (χ2n) is 6.06. The van der Waals surface area contributed by atoms with Gasteiger partial charge in [0.15, 0.2) is 0 Å². The van der Waals surface area contributed by atoms with Crippen LogP contribution >= 0.6 is 0 Å². The van der Waals surface area contributed by atoms with Crippen LogP contribution in [0.25, 0.3) is 0 Å². The molecule has 1 aliphatic rings. The maximum Gasteiger partial charge on any atom is 0.119 e. The van der Waals surface area contributed by atoms with E-state index in [4.69, 9.17) is 4.74 Å². The molecule has 0 amide bonds. The number of hydrogen-bond donors (Lipinski definition) is 1. The van der Waals surface area contributed by atoms with Crippen LogP contribution in [-0.4, -0.2) is 32.3 Å². The highest BCUT2D eigenvalue weighted by Gasteiger charge is 2.29. The average Bonchev–Trinajstić information content (AvgIpc) is 2.47. The van der Waals surface area contributed by atoms with Gasteiger partial charge in [0.1, 0.15) is 5.75 Å². The lowest BCUT2D eigenvalue weighted by atomic mass is 9.96. The van der Waals surface area contributed by atoms with Gasteiger partial charge >= 0.3 is 0 Å². The second kappa shape index (κ2) is 6.98. The summed E-state index contributed by atoms with van der Waals surface area (Å²) in [6.45, 7) is 9.05. The number of ether oxygens (including phenoxy) is 1. The number of hydrogen-bond acceptors (Lipinski definition) is 3. The zero-order valence-electron chi connectivity index (χ0n) is 13.2. The van der Waals surface area contributed by atoms with Gasteiger partial charge in [-0.2, -0.15) is 0 Å². The summed E-state index contributed by atoms with van der Waals surface area (Å²) in [6.07, 6.45) is 2.48. The minimum absolute atomic E-state index is 0.566. The Morgan fingerprint density at radius 1 is 1.30 bits per heavy atom. The maximum absolute atomic E-state index is 5.26. The topological polar surface area (TPSA) is 24.5 Å². The van der Waals surface area contributed by atoms with E-state index in [0.717, 1.165) is 18.8 Å². The second-order valence-corrected chi connectivity index (χ2v) is 6.06. The van der Waals surface area contributed by atoms with E-state index in [2.05, 4.69) is 55.3 Å². The molecule has 1 aromatic carbocycles. The summed E-state index contributed by atoms with van der Waals surface area (Å²) >= 11 is 0. The molecule has 2 atom stereocenters. The van der Waals surface area contributed by atoms with E-state index in [-0.39, 0.29) is 0 Å². The molecule has 3 nitrogen and oxygen atoms in total. The molecule has 3 heteroatoms. The van der Waals surface area contributed by atoms with Crippen LogP contribution in [0.15, 0.2) is 24.3 Å². The molecular weight excluding hydrogens is 248 g/mol. The SMILES string of the molecule is CCCC1CN(c2ccc(OC)cc2)C(C(C)C)CN1. The van der Waals surface area contributed by atoms with Crippen molar-refractivity contribution in [2.75, 3.05) is 25.1 Å². The van der Waals surface area contributed by atoms with Crippen LogP contribution in [0.4, 0.5) is 5.69 Å². The lowest BCUT2D eigenvalue weighted by Crippen LogP contribution is -2.58. The standard InChI is InChI=1S/C17H28N2O/c1-5-6-14-12-19(17(11-18-14)13(2)3)15-7-9-16(20-4)10-8-15/h7-10,13-14,17-18H,5-6,11-12H2,1-4H3. The molecule has 0 saturated carbocycles. The number of nitrogens with one attached hydrogen (secondary N) is 1. The summed E-state index contributed by atoms with van der Waals surface area (Å²) in [5.74, 6) is 1.57. The summed E-state index contributed by atoms with van der Waals surface area (Å²) in [4.78, 5) is 2.57. The van der Waals surface area contributed by atoms with E-state index >= 15 is 0 Å². The van der Waals surface area contributed by atoms with Gasteiger partial charge in [-0.25, -0.2) is 0 Å². The molecule has 112 valence electrons. The molecule has 1 N–H and O–H groups in total. The van der Waals surface area contributed by atoms with Gasteiger partial charge in [-0.15, -0.1) is 0 Å². The van der Waals surface area contributed by atoms with E-state index < -0.39 is 0 Å². The molecule has 2 unspecified atom stereocenters. The Kier molecular flexibility index (Phi) is 5.30. The number of anilines is 1. The van der Waals surface area contributed by atoms with E-state index in [1.807, 2.05) is 0 Å². The predicted octanol–water partition coefficient (Wildman–Crippen LogP) is 3.30. The van der Waals surface area contributed by atoms with Gasteiger partial charge in [0.25, 0.3) is 0 Å². The van der Waals surface area contributed by atoms with Gasteiger partial charge in [0, 0.05) is 30.9 Å². The Morgan fingerprint density at radius 3 is 2.55 bits per heavy atom. The maximum atomic E-state index is 5.26. The van der Waals surface area contributed by atoms with Crippen LogP contribution in [0.5, 0.6) is 5.75 Å². The average molecular weight is 276 g/mol. The quantitative estimate of drug-likeness (QED) is 0.893. The highest BCUT2D eigenvalue weighted by Crippen LogP contribution is 2.26. The summed E-state index contributed by atoms with van der Waals surface area (Å²) in [5, 5.41) is 3.71. The van der Waals surface area contributed by atoms with Crippen molar-refractivity contribution in [1.29, 1.82) is 0 Å². The fourth-order valence-electron chi connectivity index (χ4n) is 3.04. The zero-order valence-corrected chi connectivity index (χ0v) is 13.2. The van der Waals surface area contributed by atoms with E-state index in [0.29, 0.717) is 18.0 Å². The summed E-state index contributed by atoms with van der Waals surface area (Å²) in [7, 11) is 1.72. The van der Waals surface area contributed by atoms with Crippen LogP contribution in [-0.2, 0) is 0 Å². The Hall–Kier alpha value is -1.22. The molecule has 0 bridgehead atoms. The van der Waals surface area contributed by atoms with Crippen molar-refractivity contribution in [3.05, 3.63) is 24.3 Å². The molecule has 0 aromatic heterocycles. The molecule has 0 aliphatic carbocycles. The van der Waals surface area contributed by atoms with Crippen molar-refractivity contribution in [2.45, 2.75) is 45.7 Å². The summed E-state index contributed by atoms with van der Waals surface area (Å²) in [6, 6.07) is 9.66. The van der Waals surface area contributed by atoms with Crippen LogP contribution in [0.2, 0.25) is 0 Å². The van der Waals surface area contributed by atoms with Gasteiger partial charge in [-0.05, 0) is 36.6 Å². The number of methoxy groups -OCH3 is 1. The fourth-order valence-corrected chi connectivity index (χ4v) is 3.04. The summed E-state index contributed by atoms with van der Waals surface area (Å²) < 4.78 is 5.26. The minimum Gasteiger partial charge on any atom is -0.497 e. The normalized spacial score (nSPS) is 23.1. The predicted molar refractivity (Wildman–Crippen MR) is 85.7 cm³/mol. The largest absolute Gasteiger partial charge is 0.497 e. The minimum atomic E-state index is 0.566. The molecule has 1 saturated heterocycles. The van der Waals surface area contributed by atoms with Crippen molar-refractivity contribution in [2.24, 2.45) is 5.92 Å². The summed E-state index contributed by atoms with van der Waals surface area (Å²) in [5.41, 5.74) is 1.31. The Morgan fingerprint density at radius 2 is 2.00 bits per heavy atom. The smallest absolute Gasteiger partial charge is 0.119 e. The van der Waals surface area contributed by atoms with E-state index in [1.165, 1.54) is 18.5 Å². The molecule has 0 radical (unpaired) electrons. The number of rotatable bonds is 5. The van der Waals surface area contributed by atoms with Gasteiger partial charge in [0.2, 0.25) is 0 Å². The Bertz CT molecular complexity index is 402. The van der Waals surface area contributed by atoms with Crippen molar-refractivity contribution >= 4 is 5.69 Å². The molecule has 1 heterocycles. The first kappa shape index (κ1) is 15.2. The van der Waals surface area contributed by atoms with Crippen molar-refractivity contribution in [1.82, 2.24) is 5.32 Å². The van der Waals surface area contributed by atoms with Crippen molar-refractivity contribution in [3.8, 4) is 5.75 Å². The lowest BCUT2D eigenvalue weighted by Gasteiger charge is -2.44.